The van der Waals surface area contributed by atoms with Gasteiger partial charge in [-0.25, -0.2) is 4.79 Å². The molecule has 4 rings (SSSR count). The lowest BCUT2D eigenvalue weighted by Crippen LogP contribution is -2.40. The highest BCUT2D eigenvalue weighted by Gasteiger charge is 2.30. The van der Waals surface area contributed by atoms with Gasteiger partial charge < -0.3 is 24.6 Å². The molecule has 1 aromatic rings. The van der Waals surface area contributed by atoms with Gasteiger partial charge in [-0.1, -0.05) is 12.1 Å². The Morgan fingerprint density at radius 1 is 1.26 bits per heavy atom. The molecule has 3 aliphatic heterocycles. The molecule has 0 bridgehead atoms. The van der Waals surface area contributed by atoms with Crippen LogP contribution in [0.1, 0.15) is 24.9 Å². The molecule has 1 unspecified atom stereocenters. The maximum atomic E-state index is 12.5. The van der Waals surface area contributed by atoms with E-state index in [4.69, 9.17) is 9.47 Å². The highest BCUT2D eigenvalue weighted by atomic mass is 32.2. The summed E-state index contributed by atoms with van der Waals surface area (Å²) in [5, 5.41) is 2.96. The second kappa shape index (κ2) is 7.72. The van der Waals surface area contributed by atoms with Crippen molar-refractivity contribution in [3.8, 4) is 11.5 Å². The second-order valence-corrected chi connectivity index (χ2v) is 8.06. The van der Waals surface area contributed by atoms with E-state index in [1.165, 1.54) is 4.91 Å². The van der Waals surface area contributed by atoms with Crippen molar-refractivity contribution < 1.29 is 19.1 Å². The molecule has 7 nitrogen and oxygen atoms in total. The van der Waals surface area contributed by atoms with Crippen LogP contribution in [0.15, 0.2) is 29.2 Å². The number of thioether (sulfide) groups is 1. The average molecular weight is 389 g/mol. The van der Waals surface area contributed by atoms with Crippen LogP contribution in [0.4, 0.5) is 4.79 Å². The summed E-state index contributed by atoms with van der Waals surface area (Å²) in [6.07, 6.45) is 3.27. The fourth-order valence-electron chi connectivity index (χ4n) is 3.42. The van der Waals surface area contributed by atoms with Crippen molar-refractivity contribution in [3.63, 3.8) is 0 Å². The van der Waals surface area contributed by atoms with E-state index < -0.39 is 0 Å². The van der Waals surface area contributed by atoms with Gasteiger partial charge in [0.1, 0.15) is 6.54 Å². The van der Waals surface area contributed by atoms with Gasteiger partial charge in [0.2, 0.25) is 12.7 Å². The Morgan fingerprint density at radius 3 is 2.89 bits per heavy atom. The number of amides is 3. The summed E-state index contributed by atoms with van der Waals surface area (Å²) < 4.78 is 10.7. The predicted molar refractivity (Wildman–Crippen MR) is 103 cm³/mol. The van der Waals surface area contributed by atoms with Crippen molar-refractivity contribution in [1.29, 1.82) is 0 Å². The van der Waals surface area contributed by atoms with E-state index in [1.54, 1.807) is 4.90 Å². The summed E-state index contributed by atoms with van der Waals surface area (Å²) in [7, 11) is 0. The summed E-state index contributed by atoms with van der Waals surface area (Å²) in [5.74, 6) is 2.35. The molecule has 3 heterocycles. The smallest absolute Gasteiger partial charge is 0.320 e. The van der Waals surface area contributed by atoms with Gasteiger partial charge in [-0.15, -0.1) is 11.8 Å². The first-order valence-electron chi connectivity index (χ1n) is 9.15. The summed E-state index contributed by atoms with van der Waals surface area (Å²) >= 11 is 1.81. The first-order chi connectivity index (χ1) is 13.1. The number of nitrogens with zero attached hydrogens (tertiary/aromatic N) is 2. The van der Waals surface area contributed by atoms with Gasteiger partial charge in [0.05, 0.1) is 12.6 Å². The minimum absolute atomic E-state index is 0.0608. The van der Waals surface area contributed by atoms with Crippen molar-refractivity contribution in [2.45, 2.75) is 19.4 Å². The van der Waals surface area contributed by atoms with E-state index in [1.807, 2.05) is 41.8 Å². The van der Waals surface area contributed by atoms with Gasteiger partial charge in [0.25, 0.3) is 0 Å². The summed E-state index contributed by atoms with van der Waals surface area (Å²) in [6, 6.07) is 5.39. The van der Waals surface area contributed by atoms with Gasteiger partial charge in [-0.05, 0) is 31.0 Å². The Hall–Kier alpha value is -2.35. The van der Waals surface area contributed by atoms with Crippen molar-refractivity contribution in [2.24, 2.45) is 0 Å². The maximum absolute atomic E-state index is 12.5. The van der Waals surface area contributed by atoms with Gasteiger partial charge in [-0.2, -0.15) is 0 Å². The van der Waals surface area contributed by atoms with Crippen molar-refractivity contribution in [2.75, 3.05) is 38.7 Å². The highest BCUT2D eigenvalue weighted by Crippen LogP contribution is 2.34. The predicted octanol–water partition coefficient (Wildman–Crippen LogP) is 2.35. The fourth-order valence-corrected chi connectivity index (χ4v) is 4.40. The SMILES string of the molecule is CC(NC(=O)CN1CCN(CC2=CCCS2)C1=O)c1ccc2c(c1)OCO2. The molecule has 1 saturated heterocycles. The number of benzene rings is 1. The molecule has 8 heteroatoms. The first kappa shape index (κ1) is 18.0. The number of hydrogen-bond acceptors (Lipinski definition) is 5. The average Bonchev–Trinajstić information content (AvgIpc) is 3.39. The lowest BCUT2D eigenvalue weighted by Gasteiger charge is -2.20. The lowest BCUT2D eigenvalue weighted by atomic mass is 10.1. The van der Waals surface area contributed by atoms with E-state index in [-0.39, 0.29) is 31.3 Å². The Balaban J connectivity index is 1.29. The normalized spacial score (nSPS) is 19.4. The van der Waals surface area contributed by atoms with E-state index in [0.29, 0.717) is 25.4 Å². The van der Waals surface area contributed by atoms with E-state index in [9.17, 15) is 9.59 Å². The number of urea groups is 1. The molecule has 1 aromatic carbocycles. The molecular weight excluding hydrogens is 366 g/mol. The van der Waals surface area contributed by atoms with Crippen molar-refractivity contribution >= 4 is 23.7 Å². The van der Waals surface area contributed by atoms with Crippen molar-refractivity contribution in [1.82, 2.24) is 15.1 Å². The molecule has 1 fully saturated rings. The second-order valence-electron chi connectivity index (χ2n) is 6.84. The zero-order valence-electron chi connectivity index (χ0n) is 15.3. The molecule has 0 aliphatic carbocycles. The third-order valence-electron chi connectivity index (χ3n) is 4.91. The number of hydrogen-bond donors (Lipinski definition) is 1. The van der Waals surface area contributed by atoms with Crippen LogP contribution < -0.4 is 14.8 Å². The summed E-state index contributed by atoms with van der Waals surface area (Å²) in [4.78, 5) is 29.6. The zero-order valence-corrected chi connectivity index (χ0v) is 16.1. The van der Waals surface area contributed by atoms with Crippen LogP contribution in [0.3, 0.4) is 0 Å². The lowest BCUT2D eigenvalue weighted by molar-refractivity contribution is -0.122. The molecular formula is C19H23N3O4S. The minimum Gasteiger partial charge on any atom is -0.454 e. The van der Waals surface area contributed by atoms with Crippen LogP contribution in [0.25, 0.3) is 0 Å². The number of nitrogens with one attached hydrogen (secondary N) is 1. The maximum Gasteiger partial charge on any atom is 0.320 e. The molecule has 3 aliphatic rings. The van der Waals surface area contributed by atoms with Gasteiger partial charge in [0, 0.05) is 23.7 Å². The number of carbonyl (C=O) groups excluding carboxylic acids is 2. The zero-order chi connectivity index (χ0) is 18.8. The molecule has 144 valence electrons. The van der Waals surface area contributed by atoms with Crippen LogP contribution >= 0.6 is 11.8 Å². The standard InChI is InChI=1S/C19H23N3O4S/c1-13(14-4-5-16-17(9-14)26-12-25-16)20-18(23)11-22-7-6-21(19(22)24)10-15-3-2-8-27-15/h3-5,9,13H,2,6-8,10-12H2,1H3,(H,20,23). The molecule has 0 saturated carbocycles. The van der Waals surface area contributed by atoms with Crippen LogP contribution in [-0.4, -0.2) is 60.5 Å². The quantitative estimate of drug-likeness (QED) is 0.809. The minimum atomic E-state index is -0.180. The fraction of sp³-hybridized carbons (Fsp3) is 0.474. The van der Waals surface area contributed by atoms with E-state index in [0.717, 1.165) is 23.5 Å². The largest absolute Gasteiger partial charge is 0.454 e. The molecule has 1 atom stereocenters. The van der Waals surface area contributed by atoms with Gasteiger partial charge in [0.15, 0.2) is 11.5 Å². The molecule has 27 heavy (non-hydrogen) atoms. The third-order valence-corrected chi connectivity index (χ3v) is 6.02. The van der Waals surface area contributed by atoms with Gasteiger partial charge >= 0.3 is 6.03 Å². The molecule has 0 radical (unpaired) electrons. The van der Waals surface area contributed by atoms with Crippen LogP contribution in [-0.2, 0) is 4.79 Å². The first-order valence-corrected chi connectivity index (χ1v) is 10.1. The Labute approximate surface area is 162 Å². The van der Waals surface area contributed by atoms with E-state index >= 15 is 0 Å². The topological polar surface area (TPSA) is 71.1 Å². The summed E-state index contributed by atoms with van der Waals surface area (Å²) in [6.45, 7) is 4.13. The number of rotatable bonds is 6. The molecule has 1 N–H and O–H groups in total. The highest BCUT2D eigenvalue weighted by molar-refractivity contribution is 8.03. The van der Waals surface area contributed by atoms with E-state index in [2.05, 4.69) is 11.4 Å². The van der Waals surface area contributed by atoms with Crippen LogP contribution in [0, 0.1) is 0 Å². The number of carbonyl (C=O) groups is 2. The number of fused-ring (bicyclic) bond motifs is 1. The molecule has 0 spiro atoms. The third kappa shape index (κ3) is 4.00. The summed E-state index contributed by atoms with van der Waals surface area (Å²) in [5.41, 5.74) is 0.937. The Morgan fingerprint density at radius 2 is 2.07 bits per heavy atom. The Kier molecular flexibility index (Phi) is 5.15. The van der Waals surface area contributed by atoms with Crippen LogP contribution in [0.2, 0.25) is 0 Å². The Bertz CT molecular complexity index is 782. The number of allylic oxidation sites excluding steroid dienone is 1. The number of ether oxygens (including phenoxy) is 2. The molecule has 0 aromatic heterocycles. The monoisotopic (exact) mass is 389 g/mol. The van der Waals surface area contributed by atoms with Crippen LogP contribution in [0.5, 0.6) is 11.5 Å². The van der Waals surface area contributed by atoms with Crippen molar-refractivity contribution in [3.05, 3.63) is 34.7 Å². The molecule has 3 amide bonds. The van der Waals surface area contributed by atoms with Gasteiger partial charge in [-0.3, -0.25) is 4.79 Å².